The maximum atomic E-state index is 11.4. The van der Waals surface area contributed by atoms with Gasteiger partial charge >= 0.3 is 0 Å². The van der Waals surface area contributed by atoms with E-state index in [0.717, 1.165) is 6.54 Å². The van der Waals surface area contributed by atoms with Gasteiger partial charge in [-0.2, -0.15) is 0 Å². The Balaban J connectivity index is 2.42. The van der Waals surface area contributed by atoms with Gasteiger partial charge in [0.2, 0.25) is 5.91 Å². The van der Waals surface area contributed by atoms with Crippen LogP contribution in [0, 0.1) is 0 Å². The fourth-order valence-electron chi connectivity index (χ4n) is 1.31. The molecular weight excluding hydrogens is 156 g/mol. The molecule has 0 radical (unpaired) electrons. The van der Waals surface area contributed by atoms with E-state index in [0.29, 0.717) is 13.2 Å². The zero-order chi connectivity index (χ0) is 8.97. The first-order valence-electron chi connectivity index (χ1n) is 4.38. The van der Waals surface area contributed by atoms with Gasteiger partial charge in [-0.15, -0.1) is 0 Å². The molecule has 4 heteroatoms. The molecule has 0 aromatic heterocycles. The molecular formula is C8H16N2O2. The summed E-state index contributed by atoms with van der Waals surface area (Å²) in [5, 5.41) is 5.88. The van der Waals surface area contributed by atoms with Gasteiger partial charge in [0.1, 0.15) is 6.04 Å². The van der Waals surface area contributed by atoms with Crippen LogP contribution >= 0.6 is 0 Å². The van der Waals surface area contributed by atoms with Crippen LogP contribution in [0.2, 0.25) is 0 Å². The highest BCUT2D eigenvalue weighted by atomic mass is 16.5. The molecule has 12 heavy (non-hydrogen) atoms. The highest BCUT2D eigenvalue weighted by Crippen LogP contribution is 2.03. The van der Waals surface area contributed by atoms with Gasteiger partial charge in [-0.05, 0) is 13.8 Å². The Hall–Kier alpha value is -0.610. The maximum absolute atomic E-state index is 11.4. The smallest absolute Gasteiger partial charge is 0.239 e. The number of morpholine rings is 1. The lowest BCUT2D eigenvalue weighted by Crippen LogP contribution is -2.55. The molecule has 70 valence electrons. The van der Waals surface area contributed by atoms with Crippen molar-refractivity contribution in [3.8, 4) is 0 Å². The van der Waals surface area contributed by atoms with E-state index in [-0.39, 0.29) is 18.1 Å². The van der Waals surface area contributed by atoms with Gasteiger partial charge in [0.15, 0.2) is 0 Å². The van der Waals surface area contributed by atoms with Crippen molar-refractivity contribution in [1.82, 2.24) is 10.6 Å². The second kappa shape index (κ2) is 4.42. The van der Waals surface area contributed by atoms with E-state index in [4.69, 9.17) is 4.74 Å². The van der Waals surface area contributed by atoms with Gasteiger partial charge in [0.25, 0.3) is 0 Å². The number of carbonyl (C=O) groups excluding carboxylic acids is 1. The SMILES string of the molecule is CCNC(=O)[C@H]1NCCO[C@@H]1C. The van der Waals surface area contributed by atoms with E-state index >= 15 is 0 Å². The van der Waals surface area contributed by atoms with Crippen molar-refractivity contribution in [3.63, 3.8) is 0 Å². The lowest BCUT2D eigenvalue weighted by molar-refractivity contribution is -0.128. The van der Waals surface area contributed by atoms with Gasteiger partial charge in [-0.25, -0.2) is 0 Å². The third kappa shape index (κ3) is 2.19. The predicted molar refractivity (Wildman–Crippen MR) is 45.9 cm³/mol. The van der Waals surface area contributed by atoms with Crippen LogP contribution in [0.3, 0.4) is 0 Å². The molecule has 0 aromatic carbocycles. The summed E-state index contributed by atoms with van der Waals surface area (Å²) in [6.45, 7) is 5.94. The molecule has 2 atom stereocenters. The minimum Gasteiger partial charge on any atom is -0.375 e. The van der Waals surface area contributed by atoms with E-state index in [1.54, 1.807) is 0 Å². The highest BCUT2D eigenvalue weighted by Gasteiger charge is 2.27. The quantitative estimate of drug-likeness (QED) is 0.590. The van der Waals surface area contributed by atoms with Gasteiger partial charge in [-0.3, -0.25) is 4.79 Å². The average Bonchev–Trinajstić information content (AvgIpc) is 2.05. The Kier molecular flexibility index (Phi) is 3.49. The summed E-state index contributed by atoms with van der Waals surface area (Å²) in [4.78, 5) is 11.4. The van der Waals surface area contributed by atoms with E-state index in [9.17, 15) is 4.79 Å². The molecule has 0 spiro atoms. The van der Waals surface area contributed by atoms with Crippen LogP contribution in [0.1, 0.15) is 13.8 Å². The summed E-state index contributed by atoms with van der Waals surface area (Å²) < 4.78 is 5.33. The number of rotatable bonds is 2. The summed E-state index contributed by atoms with van der Waals surface area (Å²) in [7, 11) is 0. The Bertz CT molecular complexity index is 161. The number of carbonyl (C=O) groups is 1. The first-order valence-corrected chi connectivity index (χ1v) is 4.38. The Morgan fingerprint density at radius 2 is 2.50 bits per heavy atom. The Labute approximate surface area is 72.7 Å². The first kappa shape index (κ1) is 9.48. The average molecular weight is 172 g/mol. The van der Waals surface area contributed by atoms with E-state index < -0.39 is 0 Å². The number of amides is 1. The molecule has 4 nitrogen and oxygen atoms in total. The third-order valence-corrected chi connectivity index (χ3v) is 1.95. The van der Waals surface area contributed by atoms with Crippen LogP contribution in [0.5, 0.6) is 0 Å². The van der Waals surface area contributed by atoms with Crippen LogP contribution in [0.4, 0.5) is 0 Å². The predicted octanol–water partition coefficient (Wildman–Crippen LogP) is -0.501. The molecule has 2 N–H and O–H groups in total. The first-order chi connectivity index (χ1) is 5.75. The molecule has 0 aromatic rings. The van der Waals surface area contributed by atoms with Crippen molar-refractivity contribution >= 4 is 5.91 Å². The molecule has 1 heterocycles. The summed E-state index contributed by atoms with van der Waals surface area (Å²) in [5.74, 6) is 0.0321. The van der Waals surface area contributed by atoms with Crippen LogP contribution < -0.4 is 10.6 Å². The lowest BCUT2D eigenvalue weighted by atomic mass is 10.1. The van der Waals surface area contributed by atoms with E-state index in [2.05, 4.69) is 10.6 Å². The Morgan fingerprint density at radius 1 is 1.75 bits per heavy atom. The zero-order valence-corrected chi connectivity index (χ0v) is 7.59. The summed E-state index contributed by atoms with van der Waals surface area (Å²) in [5.41, 5.74) is 0. The normalized spacial score (nSPS) is 29.8. The second-order valence-corrected chi connectivity index (χ2v) is 2.90. The molecule has 0 saturated carbocycles. The monoisotopic (exact) mass is 172 g/mol. The molecule has 0 bridgehead atoms. The van der Waals surface area contributed by atoms with Crippen LogP contribution in [0.25, 0.3) is 0 Å². The van der Waals surface area contributed by atoms with E-state index in [1.807, 2.05) is 13.8 Å². The fraction of sp³-hybridized carbons (Fsp3) is 0.875. The molecule has 0 unspecified atom stereocenters. The van der Waals surface area contributed by atoms with Gasteiger partial charge < -0.3 is 15.4 Å². The topological polar surface area (TPSA) is 50.4 Å². The third-order valence-electron chi connectivity index (χ3n) is 1.95. The minimum atomic E-state index is -0.182. The van der Waals surface area contributed by atoms with Crippen molar-refractivity contribution in [2.24, 2.45) is 0 Å². The molecule has 1 rings (SSSR count). The van der Waals surface area contributed by atoms with Gasteiger partial charge in [-0.1, -0.05) is 0 Å². The lowest BCUT2D eigenvalue weighted by Gasteiger charge is -2.29. The molecule has 1 amide bonds. The second-order valence-electron chi connectivity index (χ2n) is 2.90. The molecule has 1 aliphatic rings. The highest BCUT2D eigenvalue weighted by molar-refractivity contribution is 5.82. The fourth-order valence-corrected chi connectivity index (χ4v) is 1.31. The molecule has 0 aliphatic carbocycles. The number of hydrogen-bond acceptors (Lipinski definition) is 3. The zero-order valence-electron chi connectivity index (χ0n) is 7.59. The number of nitrogens with one attached hydrogen (secondary N) is 2. The molecule has 1 saturated heterocycles. The van der Waals surface area contributed by atoms with Crippen LogP contribution in [-0.2, 0) is 9.53 Å². The van der Waals surface area contributed by atoms with Crippen molar-refractivity contribution in [2.45, 2.75) is 26.0 Å². The molecule has 1 fully saturated rings. The maximum Gasteiger partial charge on any atom is 0.239 e. The summed E-state index contributed by atoms with van der Waals surface area (Å²) in [6.07, 6.45) is -0.0229. The van der Waals surface area contributed by atoms with Gasteiger partial charge in [0, 0.05) is 13.1 Å². The molecule has 1 aliphatic heterocycles. The van der Waals surface area contributed by atoms with Crippen LogP contribution in [0.15, 0.2) is 0 Å². The summed E-state index contributed by atoms with van der Waals surface area (Å²) >= 11 is 0. The van der Waals surface area contributed by atoms with Gasteiger partial charge in [0.05, 0.1) is 12.7 Å². The summed E-state index contributed by atoms with van der Waals surface area (Å²) in [6, 6.07) is -0.182. The standard InChI is InChI=1S/C8H16N2O2/c1-3-9-8(11)7-6(2)12-5-4-10-7/h6-7,10H,3-5H2,1-2H3,(H,9,11)/t6-,7+/m1/s1. The van der Waals surface area contributed by atoms with Crippen molar-refractivity contribution < 1.29 is 9.53 Å². The van der Waals surface area contributed by atoms with Crippen molar-refractivity contribution in [3.05, 3.63) is 0 Å². The van der Waals surface area contributed by atoms with E-state index in [1.165, 1.54) is 0 Å². The van der Waals surface area contributed by atoms with Crippen molar-refractivity contribution in [2.75, 3.05) is 19.7 Å². The minimum absolute atomic E-state index is 0.0229. The number of hydrogen-bond donors (Lipinski definition) is 2. The largest absolute Gasteiger partial charge is 0.375 e. The number of ether oxygens (including phenoxy) is 1. The number of likely N-dealkylation sites (N-methyl/N-ethyl adjacent to an activating group) is 1. The van der Waals surface area contributed by atoms with Crippen molar-refractivity contribution in [1.29, 1.82) is 0 Å². The Morgan fingerprint density at radius 3 is 3.08 bits per heavy atom. The van der Waals surface area contributed by atoms with Crippen LogP contribution in [-0.4, -0.2) is 37.7 Å².